The lowest BCUT2D eigenvalue weighted by Crippen LogP contribution is -2.31. The molecule has 5 rings (SSSR count). The first kappa shape index (κ1) is 15.6. The molecule has 6 heteroatoms. The van der Waals surface area contributed by atoms with E-state index < -0.39 is 0 Å². The van der Waals surface area contributed by atoms with E-state index in [0.717, 1.165) is 12.5 Å². The highest BCUT2D eigenvalue weighted by Crippen LogP contribution is 2.43. The number of benzene rings is 1. The summed E-state index contributed by atoms with van der Waals surface area (Å²) in [6.07, 6.45) is 5.24. The highest BCUT2D eigenvalue weighted by molar-refractivity contribution is 6.99. The Hall–Kier alpha value is -1.66. The molecule has 1 aromatic heterocycles. The highest BCUT2D eigenvalue weighted by atomic mass is 32.1. The van der Waals surface area contributed by atoms with Crippen molar-refractivity contribution >= 4 is 11.7 Å². The molecule has 2 saturated carbocycles. The molecule has 3 fully saturated rings. The molecular weight excluding hydrogens is 334 g/mol. The van der Waals surface area contributed by atoms with Crippen LogP contribution >= 0.6 is 11.7 Å². The van der Waals surface area contributed by atoms with Crippen LogP contribution in [0.2, 0.25) is 0 Å². The third kappa shape index (κ3) is 3.13. The smallest absolute Gasteiger partial charge is 0.291 e. The number of aromatic nitrogens is 2. The zero-order valence-electron chi connectivity index (χ0n) is 14.1. The predicted molar refractivity (Wildman–Crippen MR) is 96.2 cm³/mol. The maximum atomic E-state index is 6.20. The molecular formula is C19H23N3O2S. The summed E-state index contributed by atoms with van der Waals surface area (Å²) in [4.78, 5) is 0. The number of hydrogen-bond acceptors (Lipinski definition) is 6. The Labute approximate surface area is 152 Å². The first-order valence-electron chi connectivity index (χ1n) is 9.29. The molecule has 2 heterocycles. The molecule has 132 valence electrons. The van der Waals surface area contributed by atoms with Gasteiger partial charge in [0.15, 0.2) is 0 Å². The standard InChI is InChI=1S/C19H23N3O2S/c1-2-4-12(5-3-1)15(13-6-7-13)11-23-18-19(22-25-21-18)24-17-14-8-9-16(17)20-10-14/h1-5,13-17,20H,6-11H2. The van der Waals surface area contributed by atoms with Gasteiger partial charge in [-0.25, -0.2) is 0 Å². The van der Waals surface area contributed by atoms with Gasteiger partial charge in [-0.15, -0.1) is 8.75 Å². The van der Waals surface area contributed by atoms with E-state index in [2.05, 4.69) is 44.4 Å². The Morgan fingerprint density at radius 2 is 1.92 bits per heavy atom. The van der Waals surface area contributed by atoms with Gasteiger partial charge in [0.1, 0.15) is 6.10 Å². The van der Waals surface area contributed by atoms with E-state index >= 15 is 0 Å². The van der Waals surface area contributed by atoms with E-state index in [1.807, 2.05) is 0 Å². The van der Waals surface area contributed by atoms with E-state index in [1.165, 1.54) is 43.0 Å². The van der Waals surface area contributed by atoms with Crippen LogP contribution in [-0.4, -0.2) is 34.0 Å². The summed E-state index contributed by atoms with van der Waals surface area (Å²) >= 11 is 1.17. The van der Waals surface area contributed by atoms with Crippen LogP contribution in [0.1, 0.15) is 37.2 Å². The zero-order chi connectivity index (χ0) is 16.6. The Balaban J connectivity index is 1.26. The topological polar surface area (TPSA) is 56.3 Å². The molecule has 1 saturated heterocycles. The van der Waals surface area contributed by atoms with Gasteiger partial charge in [0, 0.05) is 24.4 Å². The van der Waals surface area contributed by atoms with Crippen LogP contribution in [0.5, 0.6) is 11.8 Å². The van der Waals surface area contributed by atoms with Gasteiger partial charge < -0.3 is 14.8 Å². The van der Waals surface area contributed by atoms with Crippen LogP contribution in [0.3, 0.4) is 0 Å². The molecule has 1 aliphatic heterocycles. The number of fused-ring (bicyclic) bond motifs is 2. The fourth-order valence-electron chi connectivity index (χ4n) is 4.30. The lowest BCUT2D eigenvalue weighted by Gasteiger charge is -2.18. The number of piperidine rings is 1. The third-order valence-corrected chi connectivity index (χ3v) is 6.34. The lowest BCUT2D eigenvalue weighted by molar-refractivity contribution is 0.157. The maximum Gasteiger partial charge on any atom is 0.291 e. The van der Waals surface area contributed by atoms with Crippen molar-refractivity contribution < 1.29 is 9.47 Å². The summed E-state index contributed by atoms with van der Waals surface area (Å²) in [5, 5.41) is 3.52. The lowest BCUT2D eigenvalue weighted by atomic mass is 9.95. The minimum atomic E-state index is 0.222. The van der Waals surface area contributed by atoms with Crippen molar-refractivity contribution in [1.29, 1.82) is 0 Å². The van der Waals surface area contributed by atoms with Gasteiger partial charge in [-0.2, -0.15) is 0 Å². The van der Waals surface area contributed by atoms with Gasteiger partial charge in [0.05, 0.1) is 18.3 Å². The first-order chi connectivity index (χ1) is 12.4. The van der Waals surface area contributed by atoms with Gasteiger partial charge >= 0.3 is 0 Å². The fourth-order valence-corrected chi connectivity index (χ4v) is 4.74. The second-order valence-corrected chi connectivity index (χ2v) is 8.00. The van der Waals surface area contributed by atoms with Crippen molar-refractivity contribution in [1.82, 2.24) is 14.1 Å². The van der Waals surface area contributed by atoms with Crippen molar-refractivity contribution in [3.63, 3.8) is 0 Å². The molecule has 25 heavy (non-hydrogen) atoms. The number of rotatable bonds is 7. The minimum absolute atomic E-state index is 0.222. The summed E-state index contributed by atoms with van der Waals surface area (Å²) in [7, 11) is 0. The summed E-state index contributed by atoms with van der Waals surface area (Å²) in [6, 6.07) is 11.1. The van der Waals surface area contributed by atoms with Crippen LogP contribution in [0.15, 0.2) is 30.3 Å². The van der Waals surface area contributed by atoms with E-state index in [0.29, 0.717) is 36.2 Å². The Morgan fingerprint density at radius 1 is 1.08 bits per heavy atom. The quantitative estimate of drug-likeness (QED) is 0.824. The van der Waals surface area contributed by atoms with Gasteiger partial charge in [-0.3, -0.25) is 0 Å². The molecule has 0 spiro atoms. The summed E-state index contributed by atoms with van der Waals surface area (Å²) in [6.45, 7) is 1.70. The highest BCUT2D eigenvalue weighted by Gasteiger charge is 2.44. The number of hydrogen-bond donors (Lipinski definition) is 1. The van der Waals surface area contributed by atoms with Crippen molar-refractivity contribution in [2.24, 2.45) is 11.8 Å². The predicted octanol–water partition coefficient (Wildman–Crippen LogP) is 3.24. The Kier molecular flexibility index (Phi) is 4.10. The molecule has 0 amide bonds. The monoisotopic (exact) mass is 357 g/mol. The summed E-state index contributed by atoms with van der Waals surface area (Å²) in [5.74, 6) is 2.91. The normalized spacial score (nSPS) is 28.9. The molecule has 3 aliphatic rings. The molecule has 4 atom stereocenters. The second-order valence-electron chi connectivity index (χ2n) is 7.47. The Bertz CT molecular complexity index is 698. The molecule has 4 unspecified atom stereocenters. The molecule has 1 aromatic carbocycles. The zero-order valence-corrected chi connectivity index (χ0v) is 15.0. The molecule has 2 aromatic rings. The second kappa shape index (κ2) is 6.57. The molecule has 2 bridgehead atoms. The first-order valence-corrected chi connectivity index (χ1v) is 10.0. The van der Waals surface area contributed by atoms with Gasteiger partial charge in [-0.05, 0) is 37.2 Å². The maximum absolute atomic E-state index is 6.20. The minimum Gasteiger partial charge on any atom is -0.473 e. The third-order valence-electron chi connectivity index (χ3n) is 5.85. The average Bonchev–Trinajstić information content (AvgIpc) is 3.13. The number of ether oxygens (including phenoxy) is 2. The Morgan fingerprint density at radius 3 is 2.60 bits per heavy atom. The summed E-state index contributed by atoms with van der Waals surface area (Å²) in [5.41, 5.74) is 1.36. The molecule has 5 nitrogen and oxygen atoms in total. The van der Waals surface area contributed by atoms with Crippen LogP contribution in [0.25, 0.3) is 0 Å². The van der Waals surface area contributed by atoms with E-state index in [9.17, 15) is 0 Å². The molecule has 2 aliphatic carbocycles. The van der Waals surface area contributed by atoms with Crippen molar-refractivity contribution in [3.8, 4) is 11.8 Å². The number of nitrogens with one attached hydrogen (secondary N) is 1. The van der Waals surface area contributed by atoms with Gasteiger partial charge in [-0.1, -0.05) is 30.3 Å². The number of nitrogens with zero attached hydrogens (tertiary/aromatic N) is 2. The van der Waals surface area contributed by atoms with E-state index in [4.69, 9.17) is 9.47 Å². The summed E-state index contributed by atoms with van der Waals surface area (Å²) < 4.78 is 21.0. The fraction of sp³-hybridized carbons (Fsp3) is 0.579. The van der Waals surface area contributed by atoms with E-state index in [1.54, 1.807) is 0 Å². The largest absolute Gasteiger partial charge is 0.473 e. The van der Waals surface area contributed by atoms with Gasteiger partial charge in [0.2, 0.25) is 0 Å². The molecule has 0 radical (unpaired) electrons. The van der Waals surface area contributed by atoms with Gasteiger partial charge in [0.25, 0.3) is 11.8 Å². The van der Waals surface area contributed by atoms with Crippen molar-refractivity contribution in [2.45, 2.75) is 43.7 Å². The van der Waals surface area contributed by atoms with Crippen LogP contribution in [-0.2, 0) is 0 Å². The SMILES string of the molecule is c1ccc(C(COc2nsnc2OC2C3CCC2NC3)C2CC2)cc1. The molecule has 1 N–H and O–H groups in total. The average molecular weight is 357 g/mol. The van der Waals surface area contributed by atoms with Crippen molar-refractivity contribution in [2.75, 3.05) is 13.2 Å². The van der Waals surface area contributed by atoms with E-state index in [-0.39, 0.29) is 6.10 Å². The van der Waals surface area contributed by atoms with Crippen LogP contribution in [0.4, 0.5) is 0 Å². The van der Waals surface area contributed by atoms with Crippen LogP contribution in [0, 0.1) is 11.8 Å². The van der Waals surface area contributed by atoms with Crippen molar-refractivity contribution in [3.05, 3.63) is 35.9 Å². The van der Waals surface area contributed by atoms with Crippen LogP contribution < -0.4 is 14.8 Å².